The van der Waals surface area contributed by atoms with E-state index in [0.29, 0.717) is 11.5 Å². The maximum absolute atomic E-state index is 6.26. The van der Waals surface area contributed by atoms with Gasteiger partial charge in [0, 0.05) is 6.04 Å². The van der Waals surface area contributed by atoms with Crippen LogP contribution in [-0.4, -0.2) is 19.2 Å². The molecule has 0 bridgehead atoms. The largest absolute Gasteiger partial charge is 0.489 e. The molecule has 2 heteroatoms. The molecule has 1 aromatic rings. The Morgan fingerprint density at radius 1 is 1.28 bits per heavy atom. The number of ether oxygens (including phenoxy) is 1. The minimum atomic E-state index is 0.278. The van der Waals surface area contributed by atoms with Gasteiger partial charge in [0.2, 0.25) is 0 Å². The highest BCUT2D eigenvalue weighted by atomic mass is 16.5. The van der Waals surface area contributed by atoms with E-state index in [1.807, 2.05) is 13.1 Å². The number of para-hydroxylation sites is 1. The fraction of sp³-hybridized carbons (Fsp3) is 0.625. The summed E-state index contributed by atoms with van der Waals surface area (Å²) < 4.78 is 6.26. The third-order valence-electron chi connectivity index (χ3n) is 4.21. The third-order valence-corrected chi connectivity index (χ3v) is 4.21. The first-order valence-electron chi connectivity index (χ1n) is 6.94. The van der Waals surface area contributed by atoms with Crippen LogP contribution in [0.3, 0.4) is 0 Å². The van der Waals surface area contributed by atoms with Gasteiger partial charge in [-0.15, -0.1) is 0 Å². The highest BCUT2D eigenvalue weighted by molar-refractivity contribution is 5.32. The Balaban J connectivity index is 2.15. The van der Waals surface area contributed by atoms with Crippen molar-refractivity contribution in [2.45, 2.75) is 52.2 Å². The standard InChI is InChI=1S/C16H25NO/c1-12-8-5-6-9-13(12)18-14-10-7-11-16(2,3)15(14)17-4/h5-6,8-9,14-15,17H,7,10-11H2,1-4H3. The lowest BCUT2D eigenvalue weighted by Crippen LogP contribution is -2.53. The first-order valence-corrected chi connectivity index (χ1v) is 6.94. The molecule has 100 valence electrons. The number of nitrogens with one attached hydrogen (secondary N) is 1. The van der Waals surface area contributed by atoms with E-state index < -0.39 is 0 Å². The summed E-state index contributed by atoms with van der Waals surface area (Å²) in [4.78, 5) is 0. The van der Waals surface area contributed by atoms with Crippen molar-refractivity contribution in [2.75, 3.05) is 7.05 Å². The van der Waals surface area contributed by atoms with Crippen LogP contribution >= 0.6 is 0 Å². The molecule has 1 fully saturated rings. The second-order valence-corrected chi connectivity index (χ2v) is 6.07. The zero-order valence-corrected chi connectivity index (χ0v) is 12.0. The third kappa shape index (κ3) is 2.69. The SMILES string of the molecule is CNC1C(Oc2ccccc2C)CCCC1(C)C. The summed E-state index contributed by atoms with van der Waals surface area (Å²) in [5.74, 6) is 1.03. The highest BCUT2D eigenvalue weighted by Crippen LogP contribution is 2.37. The summed E-state index contributed by atoms with van der Waals surface area (Å²) in [6, 6.07) is 8.71. The number of benzene rings is 1. The van der Waals surface area contributed by atoms with Gasteiger partial charge in [0.05, 0.1) is 0 Å². The maximum atomic E-state index is 6.26. The second kappa shape index (κ2) is 5.31. The molecule has 0 aromatic heterocycles. The molecular weight excluding hydrogens is 222 g/mol. The number of hydrogen-bond acceptors (Lipinski definition) is 2. The van der Waals surface area contributed by atoms with E-state index >= 15 is 0 Å². The molecule has 1 N–H and O–H groups in total. The van der Waals surface area contributed by atoms with E-state index in [1.165, 1.54) is 18.4 Å². The van der Waals surface area contributed by atoms with Crippen LogP contribution in [0.25, 0.3) is 0 Å². The molecule has 1 aliphatic carbocycles. The van der Waals surface area contributed by atoms with Crippen molar-refractivity contribution < 1.29 is 4.74 Å². The Morgan fingerprint density at radius 3 is 2.67 bits per heavy atom. The lowest BCUT2D eigenvalue weighted by atomic mass is 9.72. The van der Waals surface area contributed by atoms with Gasteiger partial charge in [-0.25, -0.2) is 0 Å². The molecular formula is C16H25NO. The summed E-state index contributed by atoms with van der Waals surface area (Å²) in [6.45, 7) is 6.78. The predicted molar refractivity (Wildman–Crippen MR) is 76.1 cm³/mol. The monoisotopic (exact) mass is 247 g/mol. The number of aryl methyl sites for hydroxylation is 1. The van der Waals surface area contributed by atoms with Gasteiger partial charge < -0.3 is 10.1 Å². The molecule has 0 aliphatic heterocycles. The molecule has 1 aliphatic rings. The minimum absolute atomic E-state index is 0.278. The normalized spacial score (nSPS) is 26.9. The quantitative estimate of drug-likeness (QED) is 0.882. The molecule has 1 saturated carbocycles. The average molecular weight is 247 g/mol. The minimum Gasteiger partial charge on any atom is -0.489 e. The molecule has 0 radical (unpaired) electrons. The van der Waals surface area contributed by atoms with E-state index in [0.717, 1.165) is 12.2 Å². The Labute approximate surface area is 111 Å². The van der Waals surface area contributed by atoms with Gasteiger partial charge in [0.15, 0.2) is 0 Å². The molecule has 0 spiro atoms. The van der Waals surface area contributed by atoms with Crippen molar-refractivity contribution in [3.8, 4) is 5.75 Å². The van der Waals surface area contributed by atoms with Gasteiger partial charge in [0.25, 0.3) is 0 Å². The lowest BCUT2D eigenvalue weighted by molar-refractivity contribution is 0.0399. The summed E-state index contributed by atoms with van der Waals surface area (Å²) in [6.07, 6.45) is 3.94. The Hall–Kier alpha value is -1.02. The first-order chi connectivity index (χ1) is 8.54. The van der Waals surface area contributed by atoms with E-state index in [9.17, 15) is 0 Å². The van der Waals surface area contributed by atoms with Crippen molar-refractivity contribution in [3.05, 3.63) is 29.8 Å². The van der Waals surface area contributed by atoms with Crippen molar-refractivity contribution in [1.82, 2.24) is 5.32 Å². The van der Waals surface area contributed by atoms with Crippen LogP contribution in [0.2, 0.25) is 0 Å². The Kier molecular flexibility index (Phi) is 3.96. The van der Waals surface area contributed by atoms with Crippen LogP contribution in [0.5, 0.6) is 5.75 Å². The first kappa shape index (κ1) is 13.4. The van der Waals surface area contributed by atoms with Crippen molar-refractivity contribution in [3.63, 3.8) is 0 Å². The molecule has 2 rings (SSSR count). The smallest absolute Gasteiger partial charge is 0.122 e. The van der Waals surface area contributed by atoms with Crippen LogP contribution in [0.4, 0.5) is 0 Å². The van der Waals surface area contributed by atoms with Crippen LogP contribution in [0, 0.1) is 12.3 Å². The highest BCUT2D eigenvalue weighted by Gasteiger charge is 2.39. The number of hydrogen-bond donors (Lipinski definition) is 1. The van der Waals surface area contributed by atoms with Gasteiger partial charge in [-0.1, -0.05) is 32.0 Å². The zero-order chi connectivity index (χ0) is 13.2. The van der Waals surface area contributed by atoms with Crippen LogP contribution in [-0.2, 0) is 0 Å². The molecule has 0 saturated heterocycles. The number of rotatable bonds is 3. The molecule has 18 heavy (non-hydrogen) atoms. The van der Waals surface area contributed by atoms with Crippen molar-refractivity contribution in [2.24, 2.45) is 5.41 Å². The zero-order valence-electron chi connectivity index (χ0n) is 12.0. The van der Waals surface area contributed by atoms with Gasteiger partial charge in [-0.2, -0.15) is 0 Å². The van der Waals surface area contributed by atoms with Gasteiger partial charge in [0.1, 0.15) is 11.9 Å². The molecule has 2 atom stereocenters. The van der Waals surface area contributed by atoms with E-state index in [-0.39, 0.29) is 6.10 Å². The number of likely N-dealkylation sites (N-methyl/N-ethyl adjacent to an activating group) is 1. The Bertz CT molecular complexity index is 400. The van der Waals surface area contributed by atoms with Crippen molar-refractivity contribution in [1.29, 1.82) is 0 Å². The van der Waals surface area contributed by atoms with Gasteiger partial charge in [-0.3, -0.25) is 0 Å². The Morgan fingerprint density at radius 2 is 2.00 bits per heavy atom. The molecule has 0 heterocycles. The van der Waals surface area contributed by atoms with Crippen LogP contribution < -0.4 is 10.1 Å². The fourth-order valence-electron chi connectivity index (χ4n) is 3.14. The molecule has 1 aromatic carbocycles. The molecule has 2 nitrogen and oxygen atoms in total. The lowest BCUT2D eigenvalue weighted by Gasteiger charge is -2.43. The summed E-state index contributed by atoms with van der Waals surface area (Å²) >= 11 is 0. The van der Waals surface area contributed by atoms with Gasteiger partial charge in [-0.05, 0) is 50.3 Å². The molecule has 2 unspecified atom stereocenters. The predicted octanol–water partition coefficient (Wildman–Crippen LogP) is 3.54. The summed E-state index contributed by atoms with van der Waals surface area (Å²) in [7, 11) is 2.05. The summed E-state index contributed by atoms with van der Waals surface area (Å²) in [5.41, 5.74) is 1.52. The average Bonchev–Trinajstić information content (AvgIpc) is 2.31. The maximum Gasteiger partial charge on any atom is 0.122 e. The summed E-state index contributed by atoms with van der Waals surface area (Å²) in [5, 5.41) is 3.46. The van der Waals surface area contributed by atoms with E-state index in [2.05, 4.69) is 44.3 Å². The van der Waals surface area contributed by atoms with Crippen LogP contribution in [0.15, 0.2) is 24.3 Å². The van der Waals surface area contributed by atoms with Crippen molar-refractivity contribution >= 4 is 0 Å². The van der Waals surface area contributed by atoms with E-state index in [4.69, 9.17) is 4.74 Å². The molecule has 0 amide bonds. The topological polar surface area (TPSA) is 21.3 Å². The second-order valence-electron chi connectivity index (χ2n) is 6.07. The van der Waals surface area contributed by atoms with Gasteiger partial charge >= 0.3 is 0 Å². The van der Waals surface area contributed by atoms with E-state index in [1.54, 1.807) is 0 Å². The fourth-order valence-corrected chi connectivity index (χ4v) is 3.14. The van der Waals surface area contributed by atoms with Crippen LogP contribution in [0.1, 0.15) is 38.7 Å².